The van der Waals surface area contributed by atoms with Gasteiger partial charge < -0.3 is 10.6 Å². The standard InChI is InChI=1S/C15H17BrN4O/c1-4-17-13-6-5-12(19-20-13)15(21)18-11-7-9(2)14(16)10(3)8-11/h5-8H,4H2,1-3H3,(H,17,20)(H,18,21). The van der Waals surface area contributed by atoms with E-state index in [1.807, 2.05) is 32.9 Å². The number of amides is 1. The summed E-state index contributed by atoms with van der Waals surface area (Å²) in [6.45, 7) is 6.70. The number of carbonyl (C=O) groups excluding carboxylic acids is 1. The predicted molar refractivity (Wildman–Crippen MR) is 87.8 cm³/mol. The van der Waals surface area contributed by atoms with Gasteiger partial charge >= 0.3 is 0 Å². The Kier molecular flexibility index (Phi) is 4.90. The summed E-state index contributed by atoms with van der Waals surface area (Å²) in [5, 5.41) is 13.7. The molecule has 0 saturated carbocycles. The van der Waals surface area contributed by atoms with Crippen molar-refractivity contribution in [2.24, 2.45) is 0 Å². The number of aromatic nitrogens is 2. The van der Waals surface area contributed by atoms with Crippen LogP contribution in [0.5, 0.6) is 0 Å². The molecule has 5 nitrogen and oxygen atoms in total. The smallest absolute Gasteiger partial charge is 0.276 e. The van der Waals surface area contributed by atoms with Gasteiger partial charge in [-0.1, -0.05) is 15.9 Å². The minimum absolute atomic E-state index is 0.272. The van der Waals surface area contributed by atoms with E-state index in [0.717, 1.165) is 27.8 Å². The van der Waals surface area contributed by atoms with E-state index in [0.29, 0.717) is 5.82 Å². The molecule has 0 aliphatic rings. The molecule has 0 bridgehead atoms. The molecule has 0 atom stereocenters. The summed E-state index contributed by atoms with van der Waals surface area (Å²) in [6, 6.07) is 7.22. The van der Waals surface area contributed by atoms with Gasteiger partial charge in [0, 0.05) is 16.7 Å². The quantitative estimate of drug-likeness (QED) is 0.886. The molecule has 2 N–H and O–H groups in total. The van der Waals surface area contributed by atoms with Gasteiger partial charge in [-0.05, 0) is 56.2 Å². The largest absolute Gasteiger partial charge is 0.369 e. The van der Waals surface area contributed by atoms with E-state index in [4.69, 9.17) is 0 Å². The first-order chi connectivity index (χ1) is 10.0. The average molecular weight is 349 g/mol. The van der Waals surface area contributed by atoms with Crippen molar-refractivity contribution in [3.05, 3.63) is 45.6 Å². The van der Waals surface area contributed by atoms with Gasteiger partial charge in [-0.25, -0.2) is 0 Å². The molecule has 0 fully saturated rings. The topological polar surface area (TPSA) is 66.9 Å². The van der Waals surface area contributed by atoms with Crippen molar-refractivity contribution in [2.45, 2.75) is 20.8 Å². The Labute approximate surface area is 132 Å². The minimum atomic E-state index is -0.272. The van der Waals surface area contributed by atoms with Crippen LogP contribution >= 0.6 is 15.9 Å². The third kappa shape index (κ3) is 3.78. The summed E-state index contributed by atoms with van der Waals surface area (Å²) in [6.07, 6.45) is 0. The maximum atomic E-state index is 12.1. The number of hydrogen-bond acceptors (Lipinski definition) is 4. The highest BCUT2D eigenvalue weighted by atomic mass is 79.9. The Morgan fingerprint density at radius 3 is 2.38 bits per heavy atom. The Balaban J connectivity index is 2.14. The molecule has 0 radical (unpaired) electrons. The molecule has 0 aliphatic carbocycles. The van der Waals surface area contributed by atoms with Crippen LogP contribution < -0.4 is 10.6 Å². The molecule has 2 aromatic rings. The lowest BCUT2D eigenvalue weighted by Gasteiger charge is -2.09. The second-order valence-electron chi connectivity index (χ2n) is 4.71. The van der Waals surface area contributed by atoms with E-state index in [1.165, 1.54) is 0 Å². The maximum Gasteiger partial charge on any atom is 0.276 e. The molecule has 0 unspecified atom stereocenters. The van der Waals surface area contributed by atoms with E-state index in [1.54, 1.807) is 12.1 Å². The van der Waals surface area contributed by atoms with Crippen LogP contribution in [0.15, 0.2) is 28.7 Å². The number of nitrogens with zero attached hydrogens (tertiary/aromatic N) is 2. The van der Waals surface area contributed by atoms with Crippen molar-refractivity contribution < 1.29 is 4.79 Å². The molecule has 1 heterocycles. The highest BCUT2D eigenvalue weighted by molar-refractivity contribution is 9.10. The zero-order valence-electron chi connectivity index (χ0n) is 12.2. The molecule has 1 amide bonds. The SMILES string of the molecule is CCNc1ccc(C(=O)Nc2cc(C)c(Br)c(C)c2)nn1. The zero-order valence-corrected chi connectivity index (χ0v) is 13.8. The number of hydrogen-bond donors (Lipinski definition) is 2. The number of rotatable bonds is 4. The molecule has 6 heteroatoms. The fourth-order valence-corrected chi connectivity index (χ4v) is 2.17. The maximum absolute atomic E-state index is 12.1. The van der Waals surface area contributed by atoms with Gasteiger partial charge in [-0.15, -0.1) is 10.2 Å². The summed E-state index contributed by atoms with van der Waals surface area (Å²) in [5.74, 6) is 0.385. The second kappa shape index (κ2) is 6.67. The average Bonchev–Trinajstić information content (AvgIpc) is 2.45. The fourth-order valence-electron chi connectivity index (χ4n) is 1.94. The summed E-state index contributed by atoms with van der Waals surface area (Å²) in [4.78, 5) is 12.1. The number of anilines is 2. The molecule has 1 aromatic carbocycles. The molecule has 0 saturated heterocycles. The Morgan fingerprint density at radius 1 is 1.19 bits per heavy atom. The number of aryl methyl sites for hydroxylation is 2. The lowest BCUT2D eigenvalue weighted by molar-refractivity contribution is 0.102. The van der Waals surface area contributed by atoms with Gasteiger partial charge in [-0.2, -0.15) is 0 Å². The highest BCUT2D eigenvalue weighted by Gasteiger charge is 2.10. The normalized spacial score (nSPS) is 10.3. The van der Waals surface area contributed by atoms with E-state index in [-0.39, 0.29) is 11.6 Å². The molecule has 21 heavy (non-hydrogen) atoms. The van der Waals surface area contributed by atoms with Crippen molar-refractivity contribution >= 4 is 33.3 Å². The van der Waals surface area contributed by atoms with Gasteiger partial charge in [0.15, 0.2) is 5.69 Å². The van der Waals surface area contributed by atoms with E-state index < -0.39 is 0 Å². The van der Waals surface area contributed by atoms with Crippen LogP contribution in [0.4, 0.5) is 11.5 Å². The minimum Gasteiger partial charge on any atom is -0.369 e. The second-order valence-corrected chi connectivity index (χ2v) is 5.51. The molecule has 110 valence electrons. The first kappa shape index (κ1) is 15.4. The summed E-state index contributed by atoms with van der Waals surface area (Å²) >= 11 is 3.51. The first-order valence-corrected chi connectivity index (χ1v) is 7.46. The van der Waals surface area contributed by atoms with Gasteiger partial charge in [0.1, 0.15) is 5.82 Å². The van der Waals surface area contributed by atoms with Crippen LogP contribution in [-0.2, 0) is 0 Å². The number of nitrogens with one attached hydrogen (secondary N) is 2. The Hall–Kier alpha value is -1.95. The summed E-state index contributed by atoms with van der Waals surface area (Å²) in [5.41, 5.74) is 3.17. The fraction of sp³-hybridized carbons (Fsp3) is 0.267. The Bertz CT molecular complexity index is 632. The van der Waals surface area contributed by atoms with E-state index >= 15 is 0 Å². The van der Waals surface area contributed by atoms with Crippen LogP contribution in [0.25, 0.3) is 0 Å². The van der Waals surface area contributed by atoms with Crippen LogP contribution in [0, 0.1) is 13.8 Å². The van der Waals surface area contributed by atoms with Crippen LogP contribution in [-0.4, -0.2) is 22.6 Å². The number of benzene rings is 1. The monoisotopic (exact) mass is 348 g/mol. The lowest BCUT2D eigenvalue weighted by Crippen LogP contribution is -2.15. The molecule has 1 aromatic heterocycles. The van der Waals surface area contributed by atoms with Gasteiger partial charge in [0.25, 0.3) is 5.91 Å². The number of carbonyl (C=O) groups is 1. The van der Waals surface area contributed by atoms with Crippen molar-refractivity contribution in [2.75, 3.05) is 17.2 Å². The van der Waals surface area contributed by atoms with Gasteiger partial charge in [0.2, 0.25) is 0 Å². The van der Waals surface area contributed by atoms with Crippen LogP contribution in [0.1, 0.15) is 28.5 Å². The molecule has 2 rings (SSSR count). The third-order valence-corrected chi connectivity index (χ3v) is 4.20. The Morgan fingerprint density at radius 2 is 1.86 bits per heavy atom. The molecular formula is C15H17BrN4O. The number of halogens is 1. The van der Waals surface area contributed by atoms with Crippen molar-refractivity contribution in [3.63, 3.8) is 0 Å². The molecular weight excluding hydrogens is 332 g/mol. The zero-order chi connectivity index (χ0) is 15.4. The molecule has 0 aliphatic heterocycles. The van der Waals surface area contributed by atoms with Crippen LogP contribution in [0.3, 0.4) is 0 Å². The lowest BCUT2D eigenvalue weighted by atomic mass is 10.1. The first-order valence-electron chi connectivity index (χ1n) is 6.67. The highest BCUT2D eigenvalue weighted by Crippen LogP contribution is 2.25. The summed E-state index contributed by atoms with van der Waals surface area (Å²) < 4.78 is 1.05. The van der Waals surface area contributed by atoms with Crippen LogP contribution in [0.2, 0.25) is 0 Å². The predicted octanol–water partition coefficient (Wildman–Crippen LogP) is 3.54. The summed E-state index contributed by atoms with van der Waals surface area (Å²) in [7, 11) is 0. The third-order valence-electron chi connectivity index (χ3n) is 2.95. The van der Waals surface area contributed by atoms with Gasteiger partial charge in [-0.3, -0.25) is 4.79 Å². The van der Waals surface area contributed by atoms with Gasteiger partial charge in [0.05, 0.1) is 0 Å². The van der Waals surface area contributed by atoms with Crippen molar-refractivity contribution in [3.8, 4) is 0 Å². The van der Waals surface area contributed by atoms with Crippen molar-refractivity contribution in [1.29, 1.82) is 0 Å². The molecule has 0 spiro atoms. The van der Waals surface area contributed by atoms with E-state index in [2.05, 4.69) is 36.8 Å². The van der Waals surface area contributed by atoms with Crippen molar-refractivity contribution in [1.82, 2.24) is 10.2 Å². The van der Waals surface area contributed by atoms with E-state index in [9.17, 15) is 4.79 Å².